The zero-order chi connectivity index (χ0) is 30.1. The van der Waals surface area contributed by atoms with E-state index in [-0.39, 0.29) is 12.8 Å². The average molecular weight is 592 g/mol. The molecule has 8 nitrogen and oxygen atoms in total. The monoisotopic (exact) mass is 591 g/mol. The van der Waals surface area contributed by atoms with Crippen LogP contribution in [0.3, 0.4) is 0 Å². The maximum Gasteiger partial charge on any atom is 0.416 e. The molecule has 222 valence electrons. The van der Waals surface area contributed by atoms with Crippen molar-refractivity contribution < 1.29 is 31.4 Å². The molecule has 1 aliphatic heterocycles. The minimum Gasteiger partial charge on any atom is -0.377 e. The van der Waals surface area contributed by atoms with Crippen LogP contribution < -0.4 is 0 Å². The number of piperidine rings is 1. The normalized spacial score (nSPS) is 15.7. The molecule has 1 fully saturated rings. The fourth-order valence-electron chi connectivity index (χ4n) is 5.20. The highest BCUT2D eigenvalue weighted by molar-refractivity contribution is 5.54. The number of pyridine rings is 2. The van der Waals surface area contributed by atoms with E-state index in [1.54, 1.807) is 0 Å². The van der Waals surface area contributed by atoms with Gasteiger partial charge in [-0.15, -0.1) is 10.2 Å². The summed E-state index contributed by atoms with van der Waals surface area (Å²) < 4.78 is 81.2. The molecule has 0 spiro atoms. The smallest absolute Gasteiger partial charge is 0.377 e. The van der Waals surface area contributed by atoms with Crippen LogP contribution in [0, 0.1) is 5.92 Å². The molecule has 1 aliphatic rings. The molecule has 0 bridgehead atoms. The molecule has 0 atom stereocenters. The number of alkyl halides is 6. The highest BCUT2D eigenvalue weighted by Gasteiger charge is 2.46. The van der Waals surface area contributed by atoms with Gasteiger partial charge in [0.05, 0.1) is 29.1 Å². The van der Waals surface area contributed by atoms with E-state index >= 15 is 0 Å². The molecule has 1 saturated heterocycles. The summed E-state index contributed by atoms with van der Waals surface area (Å²) in [6.45, 7) is 3.96. The van der Waals surface area contributed by atoms with Gasteiger partial charge in [-0.3, -0.25) is 14.9 Å². The second kappa shape index (κ2) is 11.4. The van der Waals surface area contributed by atoms with Gasteiger partial charge in [0.1, 0.15) is 0 Å². The maximum absolute atomic E-state index is 13.5. The number of hydrogen-bond acceptors (Lipinski definition) is 7. The topological polar surface area (TPSA) is 92.9 Å². The maximum atomic E-state index is 13.5. The van der Waals surface area contributed by atoms with E-state index in [4.69, 9.17) is 0 Å². The Morgan fingerprint density at radius 2 is 1.38 bits per heavy atom. The summed E-state index contributed by atoms with van der Waals surface area (Å²) in [6, 6.07) is 10.5. The van der Waals surface area contributed by atoms with E-state index in [1.165, 1.54) is 4.80 Å². The summed E-state index contributed by atoms with van der Waals surface area (Å²) in [6.07, 6.45) is -7.10. The first-order valence-electron chi connectivity index (χ1n) is 13.3. The number of benzene rings is 1. The quantitative estimate of drug-likeness (QED) is 0.290. The van der Waals surface area contributed by atoms with Gasteiger partial charge < -0.3 is 5.11 Å². The van der Waals surface area contributed by atoms with Crippen LogP contribution in [0.4, 0.5) is 26.3 Å². The van der Waals surface area contributed by atoms with E-state index in [0.717, 1.165) is 35.7 Å². The Hall–Kier alpha value is -3.91. The van der Waals surface area contributed by atoms with Gasteiger partial charge in [0.15, 0.2) is 5.60 Å². The van der Waals surface area contributed by atoms with E-state index in [9.17, 15) is 31.4 Å². The van der Waals surface area contributed by atoms with Crippen LogP contribution in [0.2, 0.25) is 0 Å². The largest absolute Gasteiger partial charge is 0.416 e. The number of nitrogens with zero attached hydrogens (tertiary/aromatic N) is 7. The highest BCUT2D eigenvalue weighted by Crippen LogP contribution is 2.43. The molecule has 0 radical (unpaired) electrons. The average Bonchev–Trinajstić information content (AvgIpc) is 3.46. The predicted octanol–water partition coefficient (Wildman–Crippen LogP) is 5.34. The van der Waals surface area contributed by atoms with Crippen LogP contribution in [-0.4, -0.2) is 53.3 Å². The van der Waals surface area contributed by atoms with Gasteiger partial charge in [-0.2, -0.15) is 31.1 Å². The molecule has 1 aromatic carbocycles. The molecule has 1 N–H and O–H groups in total. The van der Waals surface area contributed by atoms with Crippen molar-refractivity contribution in [1.29, 1.82) is 0 Å². The van der Waals surface area contributed by atoms with Crippen LogP contribution >= 0.6 is 0 Å². The Labute approximate surface area is 237 Å². The van der Waals surface area contributed by atoms with E-state index < -0.39 is 46.4 Å². The molecular weight excluding hydrogens is 564 g/mol. The van der Waals surface area contributed by atoms with Crippen molar-refractivity contribution in [3.63, 3.8) is 0 Å². The third-order valence-electron chi connectivity index (χ3n) is 7.49. The third-order valence-corrected chi connectivity index (χ3v) is 7.49. The Bertz CT molecular complexity index is 1450. The number of hydrogen-bond donors (Lipinski definition) is 1. The number of halogens is 6. The number of aryl methyl sites for hydroxylation is 1. The van der Waals surface area contributed by atoms with Gasteiger partial charge in [-0.25, -0.2) is 0 Å². The molecule has 14 heteroatoms. The van der Waals surface area contributed by atoms with Gasteiger partial charge in [0.25, 0.3) is 0 Å². The van der Waals surface area contributed by atoms with Gasteiger partial charge in [-0.05, 0) is 67.9 Å². The first kappa shape index (κ1) is 29.6. The van der Waals surface area contributed by atoms with Crippen molar-refractivity contribution in [3.8, 4) is 11.4 Å². The fraction of sp³-hybridized carbons (Fsp3) is 0.393. The molecule has 0 unspecified atom stereocenters. The fourth-order valence-corrected chi connectivity index (χ4v) is 5.20. The lowest BCUT2D eigenvalue weighted by Gasteiger charge is -2.41. The van der Waals surface area contributed by atoms with Crippen molar-refractivity contribution in [2.75, 3.05) is 13.1 Å². The highest BCUT2D eigenvalue weighted by atomic mass is 19.4. The van der Waals surface area contributed by atoms with Crippen molar-refractivity contribution in [3.05, 3.63) is 89.0 Å². The molecule has 0 aliphatic carbocycles. The molecule has 0 amide bonds. The van der Waals surface area contributed by atoms with E-state index in [1.807, 2.05) is 31.2 Å². The second-order valence-electron chi connectivity index (χ2n) is 10.2. The SMILES string of the molecule is CCn1nnc(-c2ccc(CN3CCC(C(O)(c4cc(C(F)(F)F)ccn4)c4cc(C(F)(F)F)ccn4)CC3)cc2)n1. The van der Waals surface area contributed by atoms with Crippen molar-refractivity contribution in [2.24, 2.45) is 5.92 Å². The summed E-state index contributed by atoms with van der Waals surface area (Å²) in [4.78, 5) is 11.6. The zero-order valence-corrected chi connectivity index (χ0v) is 22.4. The molecule has 3 aromatic heterocycles. The Kier molecular flexibility index (Phi) is 8.03. The molecule has 5 rings (SSSR count). The number of aromatic nitrogens is 6. The van der Waals surface area contributed by atoms with E-state index in [2.05, 4.69) is 30.3 Å². The van der Waals surface area contributed by atoms with Gasteiger partial charge >= 0.3 is 12.4 Å². The minimum atomic E-state index is -4.73. The molecule has 42 heavy (non-hydrogen) atoms. The lowest BCUT2D eigenvalue weighted by atomic mass is 9.75. The lowest BCUT2D eigenvalue weighted by molar-refractivity contribution is -0.138. The third kappa shape index (κ3) is 6.14. The summed E-state index contributed by atoms with van der Waals surface area (Å²) in [5, 5.41) is 24.3. The number of likely N-dealkylation sites (tertiary alicyclic amines) is 1. The van der Waals surface area contributed by atoms with Crippen LogP contribution in [0.25, 0.3) is 11.4 Å². The van der Waals surface area contributed by atoms with Crippen LogP contribution in [0.1, 0.15) is 47.8 Å². The standard InChI is InChI=1S/C28H27F6N7O/c1-2-41-38-25(37-39-41)19-5-3-18(4-6-19)17-40-13-9-20(10-14-40)26(42,23-15-21(7-11-35-23)27(29,30)31)24-16-22(8-12-36-24)28(32,33)34/h3-8,11-12,15-16,20,42H,2,9-10,13-14,17H2,1H3. The number of rotatable bonds is 7. The number of tetrazole rings is 1. The minimum absolute atomic E-state index is 0.286. The predicted molar refractivity (Wildman–Crippen MR) is 138 cm³/mol. The Balaban J connectivity index is 1.37. The Morgan fingerprint density at radius 1 is 0.833 bits per heavy atom. The van der Waals surface area contributed by atoms with Crippen LogP contribution in [0.15, 0.2) is 60.9 Å². The van der Waals surface area contributed by atoms with Gasteiger partial charge in [0, 0.05) is 30.4 Å². The second-order valence-corrected chi connectivity index (χ2v) is 10.2. The van der Waals surface area contributed by atoms with Crippen molar-refractivity contribution in [2.45, 2.75) is 50.8 Å². The van der Waals surface area contributed by atoms with Gasteiger partial charge in [0.2, 0.25) is 5.82 Å². The Morgan fingerprint density at radius 3 is 1.86 bits per heavy atom. The summed E-state index contributed by atoms with van der Waals surface area (Å²) >= 11 is 0. The van der Waals surface area contributed by atoms with Gasteiger partial charge in [-0.1, -0.05) is 24.3 Å². The van der Waals surface area contributed by atoms with Crippen molar-refractivity contribution in [1.82, 2.24) is 35.1 Å². The summed E-state index contributed by atoms with van der Waals surface area (Å²) in [5.74, 6) is -0.231. The van der Waals surface area contributed by atoms with E-state index in [0.29, 0.717) is 44.1 Å². The molecular formula is C28H27F6N7O. The zero-order valence-electron chi connectivity index (χ0n) is 22.4. The first-order chi connectivity index (χ1) is 19.9. The van der Waals surface area contributed by atoms with Crippen LogP contribution in [-0.2, 0) is 31.0 Å². The first-order valence-corrected chi connectivity index (χ1v) is 13.3. The summed E-state index contributed by atoms with van der Waals surface area (Å²) in [7, 11) is 0. The number of aliphatic hydroxyl groups is 1. The summed E-state index contributed by atoms with van der Waals surface area (Å²) in [5.41, 5.74) is -3.39. The van der Waals surface area contributed by atoms with Crippen molar-refractivity contribution >= 4 is 0 Å². The van der Waals surface area contributed by atoms with Crippen LogP contribution in [0.5, 0.6) is 0 Å². The lowest BCUT2D eigenvalue weighted by Crippen LogP contribution is -2.45. The molecule has 0 saturated carbocycles. The molecule has 4 aromatic rings. The molecule has 4 heterocycles.